The summed E-state index contributed by atoms with van der Waals surface area (Å²) in [6, 6.07) is -1.67. The fraction of sp³-hybridized carbons (Fsp3) is 0.571. The number of esters is 1. The van der Waals surface area contributed by atoms with Crippen LogP contribution in [0.3, 0.4) is 0 Å². The zero-order valence-electron chi connectivity index (χ0n) is 14.7. The second kappa shape index (κ2) is 17.0. The second-order valence-electron chi connectivity index (χ2n) is 4.83. The number of carboxylic acid groups (broad SMARTS) is 1. The average Bonchev–Trinajstić information content (AvgIpc) is 2.67. The molecular weight excluding hydrogens is 484 g/mol. The third-order valence-corrected chi connectivity index (χ3v) is 2.82. The van der Waals surface area contributed by atoms with Gasteiger partial charge in [0.15, 0.2) is 0 Å². The van der Waals surface area contributed by atoms with E-state index in [1.807, 2.05) is 0 Å². The summed E-state index contributed by atoms with van der Waals surface area (Å²) in [5.41, 5.74) is 0. The normalized spacial score (nSPS) is 10.4. The van der Waals surface area contributed by atoms with Crippen molar-refractivity contribution in [1.29, 1.82) is 0 Å². The van der Waals surface area contributed by atoms with Gasteiger partial charge < -0.3 is 57.6 Å². The minimum absolute atomic E-state index is 0.0489. The molecule has 0 aromatic rings. The predicted octanol–water partition coefficient (Wildman–Crippen LogP) is -0.521. The molecule has 0 rings (SSSR count). The van der Waals surface area contributed by atoms with Gasteiger partial charge in [0, 0.05) is 30.2 Å². The summed E-state index contributed by atoms with van der Waals surface area (Å²) >= 11 is 5.31. The number of carboxylic acids is 1. The summed E-state index contributed by atoms with van der Waals surface area (Å²) in [5.74, 6) is -5.40. The molecule has 0 aliphatic heterocycles. The molecule has 12 nitrogen and oxygen atoms in total. The maximum atomic E-state index is 11.5. The molecule has 14 heteroatoms. The molecule has 0 fully saturated rings. The summed E-state index contributed by atoms with van der Waals surface area (Å²) in [6.45, 7) is -0.724. The number of aliphatic carboxylic acids is 1. The van der Waals surface area contributed by atoms with Gasteiger partial charge in [-0.25, -0.2) is 0 Å². The summed E-state index contributed by atoms with van der Waals surface area (Å²) in [7, 11) is 0. The van der Waals surface area contributed by atoms with Crippen LogP contribution in [0.15, 0.2) is 0 Å². The van der Waals surface area contributed by atoms with E-state index in [9.17, 15) is 28.8 Å². The Bertz CT molecular complexity index is 588. The van der Waals surface area contributed by atoms with Crippen molar-refractivity contribution in [2.24, 2.45) is 0 Å². The molecule has 0 radical (unpaired) electrons. The van der Waals surface area contributed by atoms with Crippen molar-refractivity contribution in [1.82, 2.24) is 0 Å². The molecule has 0 aliphatic carbocycles. The number of amides is 3. The average molecular weight is 501 g/mol. The van der Waals surface area contributed by atoms with Crippen molar-refractivity contribution in [3.05, 3.63) is 16.0 Å². The third-order valence-electron chi connectivity index (χ3n) is 2.57. The molecule has 0 spiro atoms. The predicted molar refractivity (Wildman–Crippen MR) is 90.0 cm³/mol. The van der Waals surface area contributed by atoms with E-state index in [1.54, 1.807) is 0 Å². The van der Waals surface area contributed by atoms with Crippen LogP contribution in [0.5, 0.6) is 0 Å². The van der Waals surface area contributed by atoms with Crippen molar-refractivity contribution in [3.63, 3.8) is 0 Å². The first-order chi connectivity index (χ1) is 13.1. The summed E-state index contributed by atoms with van der Waals surface area (Å²) in [5, 5.41) is 18.8. The number of nitrogens with zero attached hydrogens (tertiary/aromatic N) is 3. The molecule has 155 valence electrons. The number of rotatable bonds is 12. The fourth-order valence-corrected chi connectivity index (χ4v) is 1.40. The van der Waals surface area contributed by atoms with Gasteiger partial charge in [-0.3, -0.25) is 9.59 Å². The molecule has 1 atom stereocenters. The Labute approximate surface area is 176 Å². The van der Waals surface area contributed by atoms with E-state index in [1.165, 1.54) is 6.92 Å². The molecule has 28 heavy (non-hydrogen) atoms. The van der Waals surface area contributed by atoms with Crippen LogP contribution in [0, 0.1) is 0 Å². The number of Topliss-reactive ketones (excluding diaryl/α,β-unsaturated/α-hetero) is 1. The molecule has 0 saturated heterocycles. The van der Waals surface area contributed by atoms with E-state index in [4.69, 9.17) is 8.61 Å². The number of carbonyl (C=O) groups is 6. The Morgan fingerprint density at radius 2 is 1.50 bits per heavy atom. The van der Waals surface area contributed by atoms with Crippen LogP contribution in [-0.4, -0.2) is 72.0 Å². The monoisotopic (exact) mass is 500 g/mol. The van der Waals surface area contributed by atoms with Crippen LogP contribution in [0.2, 0.25) is 0 Å². The first kappa shape index (κ1) is 28.0. The van der Waals surface area contributed by atoms with Crippen LogP contribution < -0.4 is 0 Å². The minimum atomic E-state index is -1.67. The Morgan fingerprint density at radius 1 is 0.964 bits per heavy atom. The second-order valence-corrected chi connectivity index (χ2v) is 5.11. The van der Waals surface area contributed by atoms with Gasteiger partial charge in [-0.1, -0.05) is 13.1 Å². The van der Waals surface area contributed by atoms with Gasteiger partial charge in [-0.15, -0.1) is 5.75 Å². The number of carbonyl (C=O) groups excluding carboxylic acids is 5. The SMILES string of the molecule is CC(=O)CCC(=O)OCC([N-]C(=O)C[N-]C(=O)C[N-]C(=O)C[S-])C(=O)O.[O]=[Tc+4]. The Balaban J connectivity index is 0. The molecule has 0 aliphatic rings. The zero-order valence-corrected chi connectivity index (χ0v) is 17.3. The Hall–Kier alpha value is -2.18. The fourth-order valence-electron chi connectivity index (χ4n) is 1.31. The van der Waals surface area contributed by atoms with Crippen LogP contribution in [0.25, 0.3) is 16.0 Å². The van der Waals surface area contributed by atoms with E-state index in [0.29, 0.717) is 0 Å². The number of ether oxygens (including phenoxy) is 1. The first-order valence-corrected chi connectivity index (χ1v) is 8.75. The Morgan fingerprint density at radius 3 is 2.00 bits per heavy atom. The van der Waals surface area contributed by atoms with Crippen molar-refractivity contribution in [2.45, 2.75) is 25.8 Å². The molecule has 3 amide bonds. The van der Waals surface area contributed by atoms with Gasteiger partial charge in [0.25, 0.3) is 5.97 Å². The van der Waals surface area contributed by atoms with Crippen LogP contribution >= 0.6 is 0 Å². The van der Waals surface area contributed by atoms with Crippen LogP contribution in [-0.2, 0) is 68.5 Å². The molecule has 0 aromatic carbocycles. The molecule has 1 N–H and O–H groups in total. The maximum absolute atomic E-state index is 11.5. The molecule has 0 heterocycles. The Kier molecular flexibility index (Phi) is 17.0. The van der Waals surface area contributed by atoms with E-state index >= 15 is 0 Å². The van der Waals surface area contributed by atoms with E-state index in [-0.39, 0.29) is 24.4 Å². The van der Waals surface area contributed by atoms with Crippen molar-refractivity contribution < 1.29 is 61.0 Å². The number of hydrogen-bond acceptors (Lipinski definition) is 9. The van der Waals surface area contributed by atoms with Gasteiger partial charge in [0.2, 0.25) is 0 Å². The van der Waals surface area contributed by atoms with Crippen molar-refractivity contribution in [3.8, 4) is 0 Å². The van der Waals surface area contributed by atoms with Crippen LogP contribution in [0.1, 0.15) is 19.8 Å². The van der Waals surface area contributed by atoms with Gasteiger partial charge in [0.1, 0.15) is 5.78 Å². The topological polar surface area (TPSA) is 191 Å². The van der Waals surface area contributed by atoms with E-state index < -0.39 is 55.4 Å². The van der Waals surface area contributed by atoms with Gasteiger partial charge >= 0.3 is 28.3 Å². The van der Waals surface area contributed by atoms with Gasteiger partial charge in [-0.2, -0.15) is 0 Å². The van der Waals surface area contributed by atoms with Crippen molar-refractivity contribution >= 4 is 48.1 Å². The standard InChI is InChI=1S/C14H21N3O8S.O.Tc/c1-8(18)2-3-13(22)25-6-9(14(23)24)17-11(20)5-15-10(19)4-16-12(21)7-26;;/h9H,2-7H2,1H3,(H5,15,16,17,19,20,21,23,24,26);;/q;;+4/p-4. The third kappa shape index (κ3) is 16.0. The molecule has 0 bridgehead atoms. The summed E-state index contributed by atoms with van der Waals surface area (Å²) in [4.78, 5) is 66.7. The van der Waals surface area contributed by atoms with Gasteiger partial charge in [0.05, 0.1) is 13.0 Å². The van der Waals surface area contributed by atoms with E-state index in [0.717, 1.165) is 18.9 Å². The first-order valence-electron chi connectivity index (χ1n) is 7.41. The molecule has 1 unspecified atom stereocenters. The summed E-state index contributed by atoms with van der Waals surface area (Å²) in [6.07, 6.45) is -0.265. The quantitative estimate of drug-likeness (QED) is 0.269. The van der Waals surface area contributed by atoms with Crippen molar-refractivity contribution in [2.75, 3.05) is 25.4 Å². The molecule has 0 saturated carbocycles. The zero-order chi connectivity index (χ0) is 22.1. The number of ketones is 1. The van der Waals surface area contributed by atoms with Gasteiger partial charge in [-0.05, 0) is 6.92 Å². The van der Waals surface area contributed by atoms with E-state index in [2.05, 4.69) is 33.3 Å². The molecule has 0 aromatic heterocycles. The number of hydrogen-bond donors (Lipinski definition) is 1. The summed E-state index contributed by atoms with van der Waals surface area (Å²) < 4.78 is 12.9. The van der Waals surface area contributed by atoms with Crippen LogP contribution in [0.4, 0.5) is 0 Å². The molecular formula is C14H17N3O9STc.